The van der Waals surface area contributed by atoms with E-state index in [0.717, 1.165) is 31.7 Å². The molecular weight excluding hydrogens is 264 g/mol. The van der Waals surface area contributed by atoms with Crippen LogP contribution in [-0.2, 0) is 9.53 Å². The first kappa shape index (κ1) is 18.4. The summed E-state index contributed by atoms with van der Waals surface area (Å²) in [7, 11) is 1.47. The van der Waals surface area contributed by atoms with E-state index in [1.54, 1.807) is 0 Å². The van der Waals surface area contributed by atoms with Crippen molar-refractivity contribution in [3.05, 3.63) is 0 Å². The lowest BCUT2D eigenvalue weighted by Gasteiger charge is -2.27. The molecule has 1 aliphatic heterocycles. The molecule has 0 aromatic heterocycles. The largest absolute Gasteiger partial charge is 0.468 e. The average Bonchev–Trinajstić information content (AvgIpc) is 2.91. The number of nitrogens with zero attached hydrogens (tertiary/aromatic N) is 1. The van der Waals surface area contributed by atoms with E-state index in [4.69, 9.17) is 4.74 Å². The van der Waals surface area contributed by atoms with E-state index in [0.29, 0.717) is 0 Å². The maximum atomic E-state index is 11.9. The van der Waals surface area contributed by atoms with Crippen molar-refractivity contribution < 1.29 is 9.53 Å². The number of ether oxygens (including phenoxy) is 1. The van der Waals surface area contributed by atoms with E-state index in [1.165, 1.54) is 46.0 Å². The van der Waals surface area contributed by atoms with E-state index >= 15 is 0 Å². The molecule has 0 aromatic rings. The Morgan fingerprint density at radius 3 is 2.76 bits per heavy atom. The highest BCUT2D eigenvalue weighted by Crippen LogP contribution is 2.22. The lowest BCUT2D eigenvalue weighted by Crippen LogP contribution is -2.50. The molecule has 2 atom stereocenters. The molecule has 0 aromatic carbocycles. The fraction of sp³-hybridized carbons (Fsp3) is 0.941. The summed E-state index contributed by atoms with van der Waals surface area (Å²) in [5, 5.41) is 3.27. The molecule has 1 saturated heterocycles. The fourth-order valence-electron chi connectivity index (χ4n) is 3.45. The number of unbranched alkanes of at least 4 members (excludes halogenated alkanes) is 1. The number of carbonyl (C=O) groups excluding carboxylic acids is 1. The number of carbonyl (C=O) groups is 1. The topological polar surface area (TPSA) is 41.6 Å². The molecule has 0 radical (unpaired) electrons. The van der Waals surface area contributed by atoms with Crippen LogP contribution >= 0.6 is 0 Å². The molecule has 1 fully saturated rings. The Hall–Kier alpha value is -0.610. The summed E-state index contributed by atoms with van der Waals surface area (Å²) in [6.45, 7) is 10.7. The first-order valence-corrected chi connectivity index (χ1v) is 8.61. The van der Waals surface area contributed by atoms with E-state index in [9.17, 15) is 4.79 Å². The van der Waals surface area contributed by atoms with Gasteiger partial charge in [0, 0.05) is 6.54 Å². The molecule has 21 heavy (non-hydrogen) atoms. The maximum Gasteiger partial charge on any atom is 0.325 e. The molecule has 0 bridgehead atoms. The summed E-state index contributed by atoms with van der Waals surface area (Å²) >= 11 is 0. The van der Waals surface area contributed by atoms with Crippen molar-refractivity contribution in [1.82, 2.24) is 10.2 Å². The molecule has 1 heterocycles. The summed E-state index contributed by atoms with van der Waals surface area (Å²) in [6, 6.07) is 0. The summed E-state index contributed by atoms with van der Waals surface area (Å²) in [6.07, 6.45) is 7.12. The number of hydrogen-bond donors (Lipinski definition) is 1. The smallest absolute Gasteiger partial charge is 0.325 e. The lowest BCUT2D eigenvalue weighted by atomic mass is 9.94. The first-order valence-electron chi connectivity index (χ1n) is 8.61. The monoisotopic (exact) mass is 298 g/mol. The Balaban J connectivity index is 2.24. The number of esters is 1. The normalized spacial score (nSPS) is 22.2. The van der Waals surface area contributed by atoms with Crippen LogP contribution in [-0.4, -0.2) is 49.7 Å². The molecule has 0 saturated carbocycles. The Bertz CT molecular complexity index is 309. The van der Waals surface area contributed by atoms with E-state index < -0.39 is 5.54 Å². The van der Waals surface area contributed by atoms with Gasteiger partial charge in [0.1, 0.15) is 5.54 Å². The van der Waals surface area contributed by atoms with Gasteiger partial charge in [-0.1, -0.05) is 20.3 Å². The van der Waals surface area contributed by atoms with Gasteiger partial charge in [-0.25, -0.2) is 0 Å². The molecule has 124 valence electrons. The predicted octanol–water partition coefficient (Wildman–Crippen LogP) is 2.82. The summed E-state index contributed by atoms with van der Waals surface area (Å²) in [5.41, 5.74) is -0.529. The van der Waals surface area contributed by atoms with Gasteiger partial charge in [0.25, 0.3) is 0 Å². The van der Waals surface area contributed by atoms with Crippen LogP contribution in [0.25, 0.3) is 0 Å². The maximum absolute atomic E-state index is 11.9. The van der Waals surface area contributed by atoms with Crippen LogP contribution in [0.3, 0.4) is 0 Å². The highest BCUT2D eigenvalue weighted by atomic mass is 16.5. The second-order valence-electron chi connectivity index (χ2n) is 6.56. The quantitative estimate of drug-likeness (QED) is 0.497. The van der Waals surface area contributed by atoms with Crippen LogP contribution in [0.2, 0.25) is 0 Å². The van der Waals surface area contributed by atoms with Crippen molar-refractivity contribution in [3.8, 4) is 0 Å². The van der Waals surface area contributed by atoms with Gasteiger partial charge in [0.15, 0.2) is 0 Å². The molecule has 1 rings (SSSR count). The van der Waals surface area contributed by atoms with Crippen molar-refractivity contribution in [3.63, 3.8) is 0 Å². The zero-order valence-corrected chi connectivity index (χ0v) is 14.4. The first-order chi connectivity index (χ1) is 10.1. The molecule has 0 aliphatic carbocycles. The average molecular weight is 298 g/mol. The molecule has 2 unspecified atom stereocenters. The SMILES string of the molecule is CCCC1CCN(CCCCC(C)(NCC)C(=O)OC)C1. The molecule has 0 amide bonds. The van der Waals surface area contributed by atoms with Gasteiger partial charge in [-0.2, -0.15) is 0 Å². The van der Waals surface area contributed by atoms with Crippen molar-refractivity contribution in [1.29, 1.82) is 0 Å². The zero-order valence-electron chi connectivity index (χ0n) is 14.4. The van der Waals surface area contributed by atoms with Crippen LogP contribution in [0.1, 0.15) is 59.3 Å². The molecule has 4 heteroatoms. The summed E-state index contributed by atoms with van der Waals surface area (Å²) in [5.74, 6) is 0.769. The summed E-state index contributed by atoms with van der Waals surface area (Å²) < 4.78 is 4.93. The molecule has 4 nitrogen and oxygen atoms in total. The highest BCUT2D eigenvalue weighted by Gasteiger charge is 2.32. The van der Waals surface area contributed by atoms with Crippen LogP contribution in [0.4, 0.5) is 0 Å². The van der Waals surface area contributed by atoms with E-state index in [1.807, 2.05) is 13.8 Å². The zero-order chi connectivity index (χ0) is 15.7. The van der Waals surface area contributed by atoms with Gasteiger partial charge < -0.3 is 15.0 Å². The number of hydrogen-bond acceptors (Lipinski definition) is 4. The molecule has 1 N–H and O–H groups in total. The van der Waals surface area contributed by atoms with Crippen LogP contribution < -0.4 is 5.32 Å². The minimum absolute atomic E-state index is 0.145. The second kappa shape index (κ2) is 9.42. The van der Waals surface area contributed by atoms with Gasteiger partial charge in [-0.3, -0.25) is 4.79 Å². The van der Waals surface area contributed by atoms with Crippen LogP contribution in [0.5, 0.6) is 0 Å². The Morgan fingerprint density at radius 1 is 1.38 bits per heavy atom. The number of likely N-dealkylation sites (tertiary alicyclic amines) is 1. The molecular formula is C17H34N2O2. The summed E-state index contributed by atoms with van der Waals surface area (Å²) in [4.78, 5) is 14.5. The Kier molecular flexibility index (Phi) is 8.27. The number of likely N-dealkylation sites (N-methyl/N-ethyl adjacent to an activating group) is 1. The lowest BCUT2D eigenvalue weighted by molar-refractivity contribution is -0.148. The second-order valence-corrected chi connectivity index (χ2v) is 6.56. The Labute approximate surface area is 130 Å². The van der Waals surface area contributed by atoms with Crippen LogP contribution in [0, 0.1) is 5.92 Å². The number of methoxy groups -OCH3 is 1. The minimum atomic E-state index is -0.529. The minimum Gasteiger partial charge on any atom is -0.468 e. The Morgan fingerprint density at radius 2 is 2.14 bits per heavy atom. The van der Waals surface area contributed by atoms with Crippen molar-refractivity contribution in [2.24, 2.45) is 5.92 Å². The van der Waals surface area contributed by atoms with E-state index in [2.05, 4.69) is 17.1 Å². The van der Waals surface area contributed by atoms with E-state index in [-0.39, 0.29) is 5.97 Å². The third kappa shape index (κ3) is 5.95. The number of nitrogens with one attached hydrogen (secondary N) is 1. The number of rotatable bonds is 10. The third-order valence-electron chi connectivity index (χ3n) is 4.67. The van der Waals surface area contributed by atoms with Crippen molar-refractivity contribution >= 4 is 5.97 Å². The molecule has 1 aliphatic rings. The highest BCUT2D eigenvalue weighted by molar-refractivity contribution is 5.80. The van der Waals surface area contributed by atoms with Crippen LogP contribution in [0.15, 0.2) is 0 Å². The fourth-order valence-corrected chi connectivity index (χ4v) is 3.45. The predicted molar refractivity (Wildman–Crippen MR) is 87.4 cm³/mol. The van der Waals surface area contributed by atoms with Gasteiger partial charge in [0.05, 0.1) is 7.11 Å². The molecule has 0 spiro atoms. The van der Waals surface area contributed by atoms with Gasteiger partial charge in [-0.05, 0) is 64.6 Å². The van der Waals surface area contributed by atoms with Gasteiger partial charge >= 0.3 is 5.97 Å². The van der Waals surface area contributed by atoms with Gasteiger partial charge in [-0.15, -0.1) is 0 Å². The van der Waals surface area contributed by atoms with Crippen molar-refractivity contribution in [2.75, 3.05) is 33.3 Å². The third-order valence-corrected chi connectivity index (χ3v) is 4.67. The standard InChI is InChI=1S/C17H34N2O2/c1-5-9-15-10-13-19(14-15)12-8-7-11-17(3,18-6-2)16(20)21-4/h15,18H,5-14H2,1-4H3. The van der Waals surface area contributed by atoms with Crippen molar-refractivity contribution in [2.45, 2.75) is 64.8 Å². The van der Waals surface area contributed by atoms with Gasteiger partial charge in [0.2, 0.25) is 0 Å².